The van der Waals surface area contributed by atoms with Gasteiger partial charge in [0.2, 0.25) is 0 Å². The first kappa shape index (κ1) is 17.1. The SMILES string of the molecule is CCOc1cc(/C=C2\SC(=S)N(C)C2=O)cc(Cl)c1OCC. The van der Waals surface area contributed by atoms with Crippen LogP contribution in [-0.4, -0.2) is 35.4 Å². The summed E-state index contributed by atoms with van der Waals surface area (Å²) in [6, 6.07) is 3.56. The molecule has 1 saturated heterocycles. The number of thiocarbonyl (C=S) groups is 1. The maximum absolute atomic E-state index is 12.0. The van der Waals surface area contributed by atoms with Crippen molar-refractivity contribution in [1.82, 2.24) is 4.90 Å². The minimum absolute atomic E-state index is 0.113. The van der Waals surface area contributed by atoms with E-state index in [1.165, 1.54) is 16.7 Å². The molecule has 0 aliphatic carbocycles. The van der Waals surface area contributed by atoms with Gasteiger partial charge in [0.05, 0.1) is 23.1 Å². The zero-order valence-corrected chi connectivity index (χ0v) is 14.9. The van der Waals surface area contributed by atoms with E-state index in [0.717, 1.165) is 5.56 Å². The Bertz CT molecular complexity index is 646. The summed E-state index contributed by atoms with van der Waals surface area (Å²) in [7, 11) is 1.66. The number of benzene rings is 1. The number of rotatable bonds is 5. The van der Waals surface area contributed by atoms with Crippen molar-refractivity contribution in [3.63, 3.8) is 0 Å². The molecule has 4 nitrogen and oxygen atoms in total. The lowest BCUT2D eigenvalue weighted by molar-refractivity contribution is -0.121. The predicted octanol–water partition coefficient (Wildman–Crippen LogP) is 3.97. The first-order valence-electron chi connectivity index (χ1n) is 6.78. The first-order valence-corrected chi connectivity index (χ1v) is 8.38. The van der Waals surface area contributed by atoms with Crippen LogP contribution in [0.25, 0.3) is 6.08 Å². The number of carbonyl (C=O) groups excluding carboxylic acids is 1. The van der Waals surface area contributed by atoms with Crippen LogP contribution >= 0.6 is 35.6 Å². The highest BCUT2D eigenvalue weighted by Crippen LogP contribution is 2.38. The van der Waals surface area contributed by atoms with Gasteiger partial charge in [0, 0.05) is 7.05 Å². The molecule has 7 heteroatoms. The summed E-state index contributed by atoms with van der Waals surface area (Å²) >= 11 is 12.7. The molecule has 1 aromatic carbocycles. The standard InChI is InChI=1S/C15H16ClNO3S2/c1-4-19-11-7-9(6-10(16)13(11)20-5-2)8-12-14(18)17(3)15(21)22-12/h6-8H,4-5H2,1-3H3/b12-8-. The number of nitrogens with zero attached hydrogens (tertiary/aromatic N) is 1. The fourth-order valence-electron chi connectivity index (χ4n) is 1.92. The van der Waals surface area contributed by atoms with Gasteiger partial charge in [-0.15, -0.1) is 0 Å². The molecule has 1 aliphatic rings. The number of ether oxygens (including phenoxy) is 2. The van der Waals surface area contributed by atoms with Crippen LogP contribution in [0.5, 0.6) is 11.5 Å². The van der Waals surface area contributed by atoms with Crippen molar-refractivity contribution in [2.45, 2.75) is 13.8 Å². The van der Waals surface area contributed by atoms with Crippen molar-refractivity contribution in [3.05, 3.63) is 27.6 Å². The molecular weight excluding hydrogens is 342 g/mol. The highest BCUT2D eigenvalue weighted by atomic mass is 35.5. The van der Waals surface area contributed by atoms with E-state index < -0.39 is 0 Å². The fraction of sp³-hybridized carbons (Fsp3) is 0.333. The summed E-state index contributed by atoms with van der Waals surface area (Å²) in [4.78, 5) is 14.1. The molecular formula is C15H16ClNO3S2. The highest BCUT2D eigenvalue weighted by Gasteiger charge is 2.28. The zero-order chi connectivity index (χ0) is 16.3. The minimum Gasteiger partial charge on any atom is -0.490 e. The summed E-state index contributed by atoms with van der Waals surface area (Å²) in [6.45, 7) is 4.76. The lowest BCUT2D eigenvalue weighted by Crippen LogP contribution is -2.22. The Morgan fingerprint density at radius 3 is 2.55 bits per heavy atom. The van der Waals surface area contributed by atoms with Crippen molar-refractivity contribution in [2.24, 2.45) is 0 Å². The maximum atomic E-state index is 12.0. The van der Waals surface area contributed by atoms with Crippen LogP contribution in [0, 0.1) is 0 Å². The summed E-state index contributed by atoms with van der Waals surface area (Å²) < 4.78 is 11.6. The molecule has 1 aliphatic heterocycles. The normalized spacial score (nSPS) is 16.5. The number of hydrogen-bond donors (Lipinski definition) is 0. The van der Waals surface area contributed by atoms with Crippen LogP contribution in [0.4, 0.5) is 0 Å². The molecule has 1 aromatic rings. The summed E-state index contributed by atoms with van der Waals surface area (Å²) in [5, 5.41) is 0.450. The second-order valence-electron chi connectivity index (χ2n) is 4.44. The van der Waals surface area contributed by atoms with Crippen LogP contribution < -0.4 is 9.47 Å². The van der Waals surface area contributed by atoms with E-state index in [1.807, 2.05) is 19.9 Å². The number of amides is 1. The van der Waals surface area contributed by atoms with Crippen molar-refractivity contribution in [3.8, 4) is 11.5 Å². The first-order chi connectivity index (χ1) is 10.5. The third kappa shape index (κ3) is 3.56. The van der Waals surface area contributed by atoms with E-state index in [-0.39, 0.29) is 5.91 Å². The molecule has 1 amide bonds. The van der Waals surface area contributed by atoms with Gasteiger partial charge in [0.15, 0.2) is 11.5 Å². The molecule has 0 N–H and O–H groups in total. The molecule has 0 unspecified atom stereocenters. The van der Waals surface area contributed by atoms with E-state index in [4.69, 9.17) is 33.3 Å². The predicted molar refractivity (Wildman–Crippen MR) is 94.7 cm³/mol. The third-order valence-electron chi connectivity index (χ3n) is 2.90. The third-order valence-corrected chi connectivity index (χ3v) is 4.67. The largest absolute Gasteiger partial charge is 0.490 e. The maximum Gasteiger partial charge on any atom is 0.265 e. The molecule has 0 aromatic heterocycles. The lowest BCUT2D eigenvalue weighted by Gasteiger charge is -2.13. The Morgan fingerprint density at radius 1 is 1.32 bits per heavy atom. The summed E-state index contributed by atoms with van der Waals surface area (Å²) in [5.74, 6) is 0.972. The van der Waals surface area contributed by atoms with E-state index in [9.17, 15) is 4.79 Å². The van der Waals surface area contributed by atoms with Crippen LogP contribution in [0.15, 0.2) is 17.0 Å². The molecule has 1 fully saturated rings. The summed E-state index contributed by atoms with van der Waals surface area (Å²) in [5.41, 5.74) is 0.769. The van der Waals surface area contributed by atoms with Gasteiger partial charge >= 0.3 is 0 Å². The molecule has 0 saturated carbocycles. The molecule has 0 spiro atoms. The number of likely N-dealkylation sites (N-methyl/N-ethyl adjacent to an activating group) is 1. The second-order valence-corrected chi connectivity index (χ2v) is 6.52. The highest BCUT2D eigenvalue weighted by molar-refractivity contribution is 8.26. The van der Waals surface area contributed by atoms with E-state index >= 15 is 0 Å². The fourth-order valence-corrected chi connectivity index (χ4v) is 3.37. The van der Waals surface area contributed by atoms with Crippen LogP contribution in [0.2, 0.25) is 5.02 Å². The molecule has 22 heavy (non-hydrogen) atoms. The van der Waals surface area contributed by atoms with Gasteiger partial charge in [-0.2, -0.15) is 0 Å². The molecule has 1 heterocycles. The Labute approximate surface area is 144 Å². The Morgan fingerprint density at radius 2 is 2.00 bits per heavy atom. The van der Waals surface area contributed by atoms with Gasteiger partial charge in [-0.05, 0) is 37.6 Å². The molecule has 0 atom stereocenters. The quantitative estimate of drug-likeness (QED) is 0.589. The topological polar surface area (TPSA) is 38.8 Å². The van der Waals surface area contributed by atoms with Crippen molar-refractivity contribution in [1.29, 1.82) is 0 Å². The smallest absolute Gasteiger partial charge is 0.265 e. The number of carbonyl (C=O) groups is 1. The average molecular weight is 358 g/mol. The monoisotopic (exact) mass is 357 g/mol. The number of hydrogen-bond acceptors (Lipinski definition) is 5. The van der Waals surface area contributed by atoms with Crippen LogP contribution in [0.3, 0.4) is 0 Å². The van der Waals surface area contributed by atoms with Crippen molar-refractivity contribution in [2.75, 3.05) is 20.3 Å². The Kier molecular flexibility index (Phi) is 5.72. The van der Waals surface area contributed by atoms with Gasteiger partial charge in [-0.25, -0.2) is 0 Å². The van der Waals surface area contributed by atoms with Crippen LogP contribution in [-0.2, 0) is 4.79 Å². The Balaban J connectivity index is 2.40. The Hall–Kier alpha value is -1.24. The van der Waals surface area contributed by atoms with E-state index in [2.05, 4.69) is 0 Å². The minimum atomic E-state index is -0.113. The molecule has 0 bridgehead atoms. The summed E-state index contributed by atoms with van der Waals surface area (Å²) in [6.07, 6.45) is 1.76. The van der Waals surface area contributed by atoms with Gasteiger partial charge in [0.25, 0.3) is 5.91 Å². The van der Waals surface area contributed by atoms with Crippen LogP contribution in [0.1, 0.15) is 19.4 Å². The zero-order valence-electron chi connectivity index (χ0n) is 12.5. The molecule has 2 rings (SSSR count). The van der Waals surface area contributed by atoms with E-state index in [1.54, 1.807) is 19.2 Å². The average Bonchev–Trinajstić information content (AvgIpc) is 2.70. The molecule has 0 radical (unpaired) electrons. The van der Waals surface area contributed by atoms with Crippen molar-refractivity contribution >= 4 is 51.9 Å². The van der Waals surface area contributed by atoms with E-state index in [0.29, 0.717) is 39.0 Å². The number of thioether (sulfide) groups is 1. The molecule has 118 valence electrons. The van der Waals surface area contributed by atoms with Gasteiger partial charge < -0.3 is 9.47 Å². The lowest BCUT2D eigenvalue weighted by atomic mass is 10.1. The van der Waals surface area contributed by atoms with Gasteiger partial charge in [-0.1, -0.05) is 35.6 Å². The second kappa shape index (κ2) is 7.35. The van der Waals surface area contributed by atoms with Gasteiger partial charge in [-0.3, -0.25) is 9.69 Å². The van der Waals surface area contributed by atoms with Gasteiger partial charge in [0.1, 0.15) is 4.32 Å². The number of halogens is 1. The van der Waals surface area contributed by atoms with Crippen molar-refractivity contribution < 1.29 is 14.3 Å².